The van der Waals surface area contributed by atoms with Crippen LogP contribution in [0.2, 0.25) is 0 Å². The van der Waals surface area contributed by atoms with Gasteiger partial charge in [0.05, 0.1) is 10.8 Å². The van der Waals surface area contributed by atoms with Gasteiger partial charge < -0.3 is 0 Å². The lowest BCUT2D eigenvalue weighted by Gasteiger charge is -2.17. The Hall–Kier alpha value is -3.58. The molecule has 0 aliphatic carbocycles. The molecule has 0 radical (unpaired) electrons. The van der Waals surface area contributed by atoms with Crippen molar-refractivity contribution in [2.75, 3.05) is 0 Å². The normalized spacial score (nSPS) is 12.2. The number of hydrogen-bond donors (Lipinski definition) is 0. The van der Waals surface area contributed by atoms with E-state index in [0.29, 0.717) is 0 Å². The average Bonchev–Trinajstić information content (AvgIpc) is 2.81. The Bertz CT molecular complexity index is 1790. The number of rotatable bonds is 0. The lowest BCUT2D eigenvalue weighted by molar-refractivity contribution is -2.00. The lowest BCUT2D eigenvalue weighted by atomic mass is 9.89. The van der Waals surface area contributed by atoms with Gasteiger partial charge in [-0.2, -0.15) is 0 Å². The molecule has 7 aromatic rings. The third kappa shape index (κ3) is 3.23. The molecule has 6 aromatic carbocycles. The predicted molar refractivity (Wildman–Crippen MR) is 119 cm³/mol. The summed E-state index contributed by atoms with van der Waals surface area (Å²) in [6, 6.07) is 32.5. The summed E-state index contributed by atoms with van der Waals surface area (Å²) in [6.07, 6.45) is 0. The summed E-state index contributed by atoms with van der Waals surface area (Å²) < 4.78 is 40.4. The van der Waals surface area contributed by atoms with Gasteiger partial charge in [-0.15, -0.1) is 10.2 Å². The van der Waals surface area contributed by atoms with Crippen LogP contribution in [-0.4, -0.2) is 0 Å². The van der Waals surface area contributed by atoms with E-state index in [4.69, 9.17) is 23.1 Å². The van der Waals surface area contributed by atoms with E-state index in [2.05, 4.69) is 91.0 Å². The smallest absolute Gasteiger partial charge is 0.222 e. The van der Waals surface area contributed by atoms with E-state index in [1.807, 2.05) is 0 Å². The van der Waals surface area contributed by atoms with Crippen molar-refractivity contribution in [2.24, 2.45) is 0 Å². The molecule has 0 saturated heterocycles. The second-order valence-electron chi connectivity index (χ2n) is 7.90. The van der Waals surface area contributed by atoms with E-state index in [1.54, 1.807) is 0 Å². The first-order valence-corrected chi connectivity index (χ1v) is 11.5. The molecule has 0 unspecified atom stereocenters. The second kappa shape index (κ2) is 7.22. The molecule has 0 bridgehead atoms. The molecule has 0 fully saturated rings. The molecule has 33 heavy (non-hydrogen) atoms. The van der Waals surface area contributed by atoms with Gasteiger partial charge >= 0.3 is 11.2 Å². The maximum absolute atomic E-state index is 8.49. The van der Waals surface area contributed by atoms with Gasteiger partial charge in [0.25, 0.3) is 0 Å². The van der Waals surface area contributed by atoms with E-state index in [9.17, 15) is 0 Å². The van der Waals surface area contributed by atoms with Gasteiger partial charge in [-0.25, -0.2) is 23.1 Å². The minimum atomic E-state index is -4.94. The van der Waals surface area contributed by atoms with Crippen LogP contribution in [0.3, 0.4) is 0 Å². The van der Waals surface area contributed by atoms with Gasteiger partial charge in [0, 0.05) is 22.9 Å². The van der Waals surface area contributed by atoms with Crippen molar-refractivity contribution < 1.29 is 33.3 Å². The number of hydrogen-bond acceptors (Lipinski definition) is 4. The average molecular weight is 455 g/mol. The predicted octanol–water partition coefficient (Wildman–Crippen LogP) is 3.16. The monoisotopic (exact) mass is 454 g/mol. The molecule has 1 aromatic heterocycles. The zero-order valence-electron chi connectivity index (χ0n) is 17.1. The van der Waals surface area contributed by atoms with E-state index in [-0.39, 0.29) is 0 Å². The Kier molecular flexibility index (Phi) is 4.39. The summed E-state index contributed by atoms with van der Waals surface area (Å²) in [5, 5.41) is 12.7. The molecule has 0 amide bonds. The largest absolute Gasteiger partial charge is 0.362 e. The van der Waals surface area contributed by atoms with Crippen molar-refractivity contribution in [1.82, 2.24) is 0 Å². The molecule has 0 saturated carbocycles. The summed E-state index contributed by atoms with van der Waals surface area (Å²) in [6.45, 7) is 0. The van der Waals surface area contributed by atoms with Crippen molar-refractivity contribution in [1.29, 1.82) is 0 Å². The fourth-order valence-corrected chi connectivity index (χ4v) is 4.96. The van der Waals surface area contributed by atoms with Gasteiger partial charge in [0.1, 0.15) is 0 Å². The zero-order valence-corrected chi connectivity index (χ0v) is 17.8. The summed E-state index contributed by atoms with van der Waals surface area (Å²) in [4.78, 5) is 0. The van der Waals surface area contributed by atoms with Gasteiger partial charge in [-0.05, 0) is 44.5 Å². The van der Waals surface area contributed by atoms with Crippen LogP contribution in [0.4, 0.5) is 0 Å². The molecule has 5 nitrogen and oxygen atoms in total. The van der Waals surface area contributed by atoms with Gasteiger partial charge in [-0.3, -0.25) is 0 Å². The number of halogens is 1. The van der Waals surface area contributed by atoms with Gasteiger partial charge in [-0.1, -0.05) is 66.7 Å². The molecule has 1 heterocycles. The first-order chi connectivity index (χ1) is 15.9. The van der Waals surface area contributed by atoms with E-state index in [0.717, 1.165) is 11.2 Å². The molecule has 6 heteroatoms. The van der Waals surface area contributed by atoms with E-state index in [1.165, 1.54) is 53.9 Å². The Labute approximate surface area is 189 Å². The van der Waals surface area contributed by atoms with Crippen molar-refractivity contribution in [3.05, 3.63) is 91.0 Å². The molecule has 0 spiro atoms. The van der Waals surface area contributed by atoms with Crippen LogP contribution in [-0.2, 0) is 0 Å². The highest BCUT2D eigenvalue weighted by Gasteiger charge is 2.24. The quantitative estimate of drug-likeness (QED) is 0.199. The fourth-order valence-electron chi connectivity index (χ4n) is 4.96. The Morgan fingerprint density at radius 1 is 0.424 bits per heavy atom. The van der Waals surface area contributed by atoms with E-state index < -0.39 is 10.2 Å². The molecule has 0 N–H and O–H groups in total. The van der Waals surface area contributed by atoms with Crippen molar-refractivity contribution in [2.45, 2.75) is 0 Å². The van der Waals surface area contributed by atoms with Crippen LogP contribution in [0.1, 0.15) is 0 Å². The highest BCUT2D eigenvalue weighted by atomic mass is 35.7. The highest BCUT2D eigenvalue weighted by molar-refractivity contribution is 6.39. The van der Waals surface area contributed by atoms with Gasteiger partial charge in [0.15, 0.2) is 0 Å². The van der Waals surface area contributed by atoms with Crippen LogP contribution >= 0.6 is 0 Å². The molecule has 160 valence electrons. The van der Waals surface area contributed by atoms with Crippen LogP contribution in [0.15, 0.2) is 95.4 Å². The first kappa shape index (κ1) is 20.1. The van der Waals surface area contributed by atoms with Crippen LogP contribution < -0.4 is 18.6 Å². The first-order valence-electron chi connectivity index (χ1n) is 10.2. The van der Waals surface area contributed by atoms with E-state index >= 15 is 0 Å². The Morgan fingerprint density at radius 2 is 0.939 bits per heavy atom. The maximum atomic E-state index is 8.49. The lowest BCUT2D eigenvalue weighted by Crippen LogP contribution is -2.68. The highest BCUT2D eigenvalue weighted by Crippen LogP contribution is 2.45. The molecule has 0 atom stereocenters. The summed E-state index contributed by atoms with van der Waals surface area (Å²) >= 11 is 0. The van der Waals surface area contributed by atoms with Crippen LogP contribution in [0.5, 0.6) is 0 Å². The summed E-state index contributed by atoms with van der Waals surface area (Å²) in [7, 11) is -4.94. The zero-order chi connectivity index (χ0) is 22.7. The van der Waals surface area contributed by atoms with Crippen molar-refractivity contribution in [3.8, 4) is 0 Å². The maximum Gasteiger partial charge on any atom is 0.362 e. The van der Waals surface area contributed by atoms with Crippen molar-refractivity contribution >= 4 is 65.0 Å². The second-order valence-corrected chi connectivity index (χ2v) is 8.66. The Balaban J connectivity index is 0.000000377. The summed E-state index contributed by atoms with van der Waals surface area (Å²) in [5.41, 5.74) is 1.89. The third-order valence-electron chi connectivity index (χ3n) is 6.10. The van der Waals surface area contributed by atoms with Crippen LogP contribution in [0, 0.1) is 10.2 Å². The minimum absolute atomic E-state index is 0.940. The standard InChI is InChI=1S/C27H15O.ClHO4/c1-2-8-18-16(6-1)12-14-22-25(18)26-21-10-4-3-9-19(21)20-11-5-7-17-13-15-23(28-22)27(26)24(17)20;2-1(3,4)5/h1-15H;(H,2,3,4,5)/q+1;/p-1. The van der Waals surface area contributed by atoms with Crippen molar-refractivity contribution in [3.63, 3.8) is 0 Å². The molecule has 7 rings (SSSR count). The number of benzene rings is 6. The third-order valence-corrected chi connectivity index (χ3v) is 6.10. The molecule has 0 aliphatic heterocycles. The van der Waals surface area contributed by atoms with Crippen LogP contribution in [0.25, 0.3) is 65.0 Å². The van der Waals surface area contributed by atoms with Gasteiger partial charge in [0.2, 0.25) is 0 Å². The SMILES string of the molecule is [O-][Cl+3]([O-])([O-])[O-].c1ccc2c(c1)ccc1[o+]c3ccc4cccc5c6ccccc6c(c12)c3c45. The molecular weight excluding hydrogens is 440 g/mol. The fraction of sp³-hybridized carbons (Fsp3) is 0. The molecular formula is C27H15ClO5. The number of fused-ring (bicyclic) bond motifs is 7. The topological polar surface area (TPSA) is 104 Å². The molecule has 0 aliphatic rings. The summed E-state index contributed by atoms with van der Waals surface area (Å²) in [5.74, 6) is 0. The Morgan fingerprint density at radius 3 is 1.70 bits per heavy atom. The minimum Gasteiger partial charge on any atom is -0.222 e.